The summed E-state index contributed by atoms with van der Waals surface area (Å²) in [5, 5.41) is 15.6. The SMILES string of the molecule is CN1CCN(c2ccc(N/C=C(/C#N)C(=O)N3CCNCC3)cc2)CC1. The summed E-state index contributed by atoms with van der Waals surface area (Å²) in [6, 6.07) is 10.1. The Hall–Kier alpha value is -2.56. The van der Waals surface area contributed by atoms with Crippen LogP contribution < -0.4 is 15.5 Å². The monoisotopic (exact) mass is 354 g/mol. The summed E-state index contributed by atoms with van der Waals surface area (Å²) >= 11 is 0. The van der Waals surface area contributed by atoms with Gasteiger partial charge in [-0.1, -0.05) is 0 Å². The highest BCUT2D eigenvalue weighted by atomic mass is 16.2. The van der Waals surface area contributed by atoms with Crippen molar-refractivity contribution in [3.63, 3.8) is 0 Å². The van der Waals surface area contributed by atoms with Crippen LogP contribution in [0.25, 0.3) is 0 Å². The second kappa shape index (κ2) is 8.70. The van der Waals surface area contributed by atoms with Crippen LogP contribution in [0.3, 0.4) is 0 Å². The molecule has 26 heavy (non-hydrogen) atoms. The van der Waals surface area contributed by atoms with Crippen LogP contribution in [0.1, 0.15) is 0 Å². The van der Waals surface area contributed by atoms with Gasteiger partial charge in [0.05, 0.1) is 0 Å². The van der Waals surface area contributed by atoms with Crippen LogP contribution >= 0.6 is 0 Å². The molecule has 2 aliphatic heterocycles. The van der Waals surface area contributed by atoms with Crippen molar-refractivity contribution >= 4 is 17.3 Å². The number of carbonyl (C=O) groups excluding carboxylic acids is 1. The van der Waals surface area contributed by atoms with Crippen molar-refractivity contribution in [3.05, 3.63) is 36.0 Å². The van der Waals surface area contributed by atoms with E-state index in [-0.39, 0.29) is 11.5 Å². The molecule has 0 saturated carbocycles. The number of rotatable bonds is 4. The number of hydrogen-bond donors (Lipinski definition) is 2. The van der Waals surface area contributed by atoms with Crippen molar-refractivity contribution in [1.82, 2.24) is 15.1 Å². The minimum Gasteiger partial charge on any atom is -0.369 e. The Labute approximate surface area is 154 Å². The Bertz CT molecular complexity index is 679. The zero-order valence-electron chi connectivity index (χ0n) is 15.2. The molecule has 138 valence electrons. The highest BCUT2D eigenvalue weighted by Crippen LogP contribution is 2.19. The van der Waals surface area contributed by atoms with E-state index >= 15 is 0 Å². The maximum atomic E-state index is 12.4. The largest absolute Gasteiger partial charge is 0.369 e. The van der Waals surface area contributed by atoms with E-state index < -0.39 is 0 Å². The second-order valence-electron chi connectivity index (χ2n) is 6.69. The van der Waals surface area contributed by atoms with Crippen molar-refractivity contribution in [2.24, 2.45) is 0 Å². The van der Waals surface area contributed by atoms with E-state index in [1.54, 1.807) is 4.90 Å². The first-order valence-electron chi connectivity index (χ1n) is 9.08. The third-order valence-electron chi connectivity index (χ3n) is 4.87. The van der Waals surface area contributed by atoms with Crippen molar-refractivity contribution in [1.29, 1.82) is 5.26 Å². The molecule has 3 rings (SSSR count). The maximum absolute atomic E-state index is 12.4. The fraction of sp³-hybridized carbons (Fsp3) is 0.474. The van der Waals surface area contributed by atoms with Gasteiger partial charge >= 0.3 is 0 Å². The molecule has 2 N–H and O–H groups in total. The number of piperazine rings is 2. The molecule has 0 aromatic heterocycles. The number of anilines is 2. The van der Waals surface area contributed by atoms with Crippen LogP contribution in [-0.4, -0.2) is 75.1 Å². The Kier molecular flexibility index (Phi) is 6.10. The summed E-state index contributed by atoms with van der Waals surface area (Å²) in [7, 11) is 2.14. The molecule has 7 heteroatoms. The van der Waals surface area contributed by atoms with E-state index in [0.717, 1.165) is 45.0 Å². The predicted octanol–water partition coefficient (Wildman–Crippen LogP) is 0.690. The predicted molar refractivity (Wildman–Crippen MR) is 103 cm³/mol. The van der Waals surface area contributed by atoms with Crippen LogP contribution in [0.5, 0.6) is 0 Å². The molecule has 1 aromatic rings. The van der Waals surface area contributed by atoms with Crippen LogP contribution in [0.15, 0.2) is 36.0 Å². The van der Waals surface area contributed by atoms with Gasteiger partial charge in [-0.15, -0.1) is 0 Å². The zero-order valence-corrected chi connectivity index (χ0v) is 15.2. The average molecular weight is 354 g/mol. The van der Waals surface area contributed by atoms with Gasteiger partial charge in [-0.25, -0.2) is 0 Å². The zero-order chi connectivity index (χ0) is 18.4. The lowest BCUT2D eigenvalue weighted by atomic mass is 10.2. The molecule has 0 unspecified atom stereocenters. The summed E-state index contributed by atoms with van der Waals surface area (Å²) in [6.07, 6.45) is 1.51. The standard InChI is InChI=1S/C19H26N6O/c1-23-10-12-24(13-11-23)18-4-2-17(3-5-18)22-15-16(14-20)19(26)25-8-6-21-7-9-25/h2-5,15,21-22H,6-13H2,1H3/b16-15-. The Balaban J connectivity index is 1.59. The van der Waals surface area contributed by atoms with Gasteiger partial charge in [0.1, 0.15) is 11.6 Å². The molecule has 0 bridgehead atoms. The second-order valence-corrected chi connectivity index (χ2v) is 6.69. The summed E-state index contributed by atoms with van der Waals surface area (Å²) < 4.78 is 0. The lowest BCUT2D eigenvalue weighted by molar-refractivity contribution is -0.127. The number of likely N-dealkylation sites (N-methyl/N-ethyl adjacent to an activating group) is 1. The van der Waals surface area contributed by atoms with Crippen LogP contribution in [0.2, 0.25) is 0 Å². The van der Waals surface area contributed by atoms with Crippen LogP contribution in [0.4, 0.5) is 11.4 Å². The van der Waals surface area contributed by atoms with Gasteiger partial charge in [-0.05, 0) is 31.3 Å². The van der Waals surface area contributed by atoms with Crippen molar-refractivity contribution in [2.45, 2.75) is 0 Å². The topological polar surface area (TPSA) is 74.6 Å². The van der Waals surface area contributed by atoms with E-state index in [4.69, 9.17) is 0 Å². The molecule has 2 aliphatic rings. The van der Waals surface area contributed by atoms with E-state index in [0.29, 0.717) is 13.1 Å². The molecule has 2 fully saturated rings. The summed E-state index contributed by atoms with van der Waals surface area (Å²) in [5.74, 6) is -0.212. The number of nitriles is 1. The quantitative estimate of drug-likeness (QED) is 0.612. The van der Waals surface area contributed by atoms with E-state index in [1.165, 1.54) is 11.9 Å². The smallest absolute Gasteiger partial charge is 0.266 e. The minimum absolute atomic E-state index is 0.134. The van der Waals surface area contributed by atoms with Crippen molar-refractivity contribution < 1.29 is 4.79 Å². The van der Waals surface area contributed by atoms with E-state index in [1.807, 2.05) is 18.2 Å². The molecule has 0 aliphatic carbocycles. The number of benzene rings is 1. The molecule has 1 amide bonds. The Morgan fingerprint density at radius 3 is 2.38 bits per heavy atom. The number of amides is 1. The molecule has 0 radical (unpaired) electrons. The van der Waals surface area contributed by atoms with Gasteiger partial charge < -0.3 is 25.3 Å². The fourth-order valence-electron chi connectivity index (χ4n) is 3.17. The van der Waals surface area contributed by atoms with Gasteiger partial charge in [0.2, 0.25) is 0 Å². The fourth-order valence-corrected chi connectivity index (χ4v) is 3.17. The van der Waals surface area contributed by atoms with Gasteiger partial charge in [0, 0.05) is 69.9 Å². The molecule has 2 heterocycles. The minimum atomic E-state index is -0.212. The lowest BCUT2D eigenvalue weighted by Gasteiger charge is -2.34. The summed E-state index contributed by atoms with van der Waals surface area (Å²) in [5.41, 5.74) is 2.20. The molecule has 0 spiro atoms. The van der Waals surface area contributed by atoms with Gasteiger partial charge in [-0.3, -0.25) is 4.79 Å². The Morgan fingerprint density at radius 1 is 1.12 bits per heavy atom. The number of carbonyl (C=O) groups is 1. The molecular weight excluding hydrogens is 328 g/mol. The third-order valence-corrected chi connectivity index (χ3v) is 4.87. The van der Waals surface area contributed by atoms with Crippen LogP contribution in [-0.2, 0) is 4.79 Å². The first kappa shape index (κ1) is 18.2. The molecule has 7 nitrogen and oxygen atoms in total. The third kappa shape index (κ3) is 4.54. The first-order valence-corrected chi connectivity index (χ1v) is 9.08. The maximum Gasteiger partial charge on any atom is 0.266 e. The summed E-state index contributed by atoms with van der Waals surface area (Å²) in [4.78, 5) is 18.8. The number of nitrogens with zero attached hydrogens (tertiary/aromatic N) is 4. The molecule has 0 atom stereocenters. The first-order chi connectivity index (χ1) is 12.7. The van der Waals surface area contributed by atoms with Crippen LogP contribution in [0, 0.1) is 11.3 Å². The highest BCUT2D eigenvalue weighted by Gasteiger charge is 2.20. The van der Waals surface area contributed by atoms with E-state index in [2.05, 4.69) is 39.6 Å². The van der Waals surface area contributed by atoms with Gasteiger partial charge in [0.15, 0.2) is 0 Å². The molecule has 2 saturated heterocycles. The van der Waals surface area contributed by atoms with Gasteiger partial charge in [0.25, 0.3) is 5.91 Å². The lowest BCUT2D eigenvalue weighted by Crippen LogP contribution is -2.46. The average Bonchev–Trinajstić information content (AvgIpc) is 2.70. The Morgan fingerprint density at radius 2 is 1.77 bits per heavy atom. The highest BCUT2D eigenvalue weighted by molar-refractivity contribution is 5.97. The van der Waals surface area contributed by atoms with Crippen molar-refractivity contribution in [3.8, 4) is 6.07 Å². The number of hydrogen-bond acceptors (Lipinski definition) is 6. The molecular formula is C19H26N6O. The van der Waals surface area contributed by atoms with Crippen molar-refractivity contribution in [2.75, 3.05) is 69.6 Å². The molecule has 1 aromatic carbocycles. The van der Waals surface area contributed by atoms with E-state index in [9.17, 15) is 10.1 Å². The van der Waals surface area contributed by atoms with Gasteiger partial charge in [-0.2, -0.15) is 5.26 Å². The number of nitrogens with one attached hydrogen (secondary N) is 2. The summed E-state index contributed by atoms with van der Waals surface area (Å²) in [6.45, 7) is 7.01. The normalized spacial score (nSPS) is 19.2.